The summed E-state index contributed by atoms with van der Waals surface area (Å²) in [5.41, 5.74) is 5.71. The number of hydrogen-bond donors (Lipinski definition) is 1. The zero-order chi connectivity index (χ0) is 13.9. The van der Waals surface area contributed by atoms with Crippen LogP contribution < -0.4 is 10.6 Å². The van der Waals surface area contributed by atoms with E-state index in [0.717, 1.165) is 6.07 Å². The van der Waals surface area contributed by atoms with Gasteiger partial charge >= 0.3 is 6.18 Å². The van der Waals surface area contributed by atoms with E-state index in [2.05, 4.69) is 12.2 Å². The van der Waals surface area contributed by atoms with Crippen molar-refractivity contribution < 1.29 is 17.6 Å². The highest BCUT2D eigenvalue weighted by Crippen LogP contribution is 2.22. The Labute approximate surface area is 107 Å². The van der Waals surface area contributed by atoms with Gasteiger partial charge in [0.15, 0.2) is 0 Å². The summed E-state index contributed by atoms with van der Waals surface area (Å²) in [6.07, 6.45) is -5.19. The van der Waals surface area contributed by atoms with Gasteiger partial charge in [0.1, 0.15) is 10.8 Å². The SMILES string of the molecule is CN(CCC(F)(F)F)c1ccc(C(N)=S)c(F)c1. The fourth-order valence-corrected chi connectivity index (χ4v) is 1.53. The Morgan fingerprint density at radius 3 is 2.44 bits per heavy atom. The van der Waals surface area contributed by atoms with Gasteiger partial charge in [0, 0.05) is 24.8 Å². The summed E-state index contributed by atoms with van der Waals surface area (Å²) in [6.45, 7) is -0.241. The third kappa shape index (κ3) is 4.14. The van der Waals surface area contributed by atoms with Crippen molar-refractivity contribution in [2.24, 2.45) is 5.73 Å². The first-order valence-corrected chi connectivity index (χ1v) is 5.49. The number of benzene rings is 1. The topological polar surface area (TPSA) is 29.3 Å². The van der Waals surface area contributed by atoms with Gasteiger partial charge in [-0.3, -0.25) is 0 Å². The molecule has 0 saturated heterocycles. The van der Waals surface area contributed by atoms with E-state index in [9.17, 15) is 17.6 Å². The van der Waals surface area contributed by atoms with Crippen LogP contribution in [-0.4, -0.2) is 24.8 Å². The van der Waals surface area contributed by atoms with Crippen LogP contribution in [0.2, 0.25) is 0 Å². The molecule has 0 amide bonds. The van der Waals surface area contributed by atoms with Gasteiger partial charge < -0.3 is 10.6 Å². The molecule has 100 valence electrons. The van der Waals surface area contributed by atoms with E-state index in [4.69, 9.17) is 5.73 Å². The Kier molecular flexibility index (Phi) is 4.50. The highest BCUT2D eigenvalue weighted by molar-refractivity contribution is 7.80. The van der Waals surface area contributed by atoms with Gasteiger partial charge in [-0.2, -0.15) is 13.2 Å². The third-order valence-corrected chi connectivity index (χ3v) is 2.61. The lowest BCUT2D eigenvalue weighted by Gasteiger charge is -2.20. The van der Waals surface area contributed by atoms with Crippen LogP contribution in [0.25, 0.3) is 0 Å². The number of rotatable bonds is 4. The Morgan fingerprint density at radius 1 is 1.39 bits per heavy atom. The van der Waals surface area contributed by atoms with Crippen LogP contribution in [0.1, 0.15) is 12.0 Å². The standard InChI is InChI=1S/C11H12F4N2S/c1-17(5-4-11(13,14)15)7-2-3-8(10(16)18)9(12)6-7/h2-3,6H,4-5H2,1H3,(H2,16,18). The predicted octanol–water partition coefficient (Wildman–Crippen LogP) is 2.85. The predicted molar refractivity (Wildman–Crippen MR) is 66.2 cm³/mol. The molecule has 0 saturated carbocycles. The largest absolute Gasteiger partial charge is 0.390 e. The molecule has 2 N–H and O–H groups in total. The van der Waals surface area contributed by atoms with Crippen LogP contribution >= 0.6 is 12.2 Å². The molecule has 0 aliphatic heterocycles. The molecule has 0 radical (unpaired) electrons. The average molecular weight is 280 g/mol. The minimum atomic E-state index is -4.23. The van der Waals surface area contributed by atoms with Crippen molar-refractivity contribution in [3.63, 3.8) is 0 Å². The van der Waals surface area contributed by atoms with Crippen molar-refractivity contribution in [3.8, 4) is 0 Å². The van der Waals surface area contributed by atoms with Crippen molar-refractivity contribution in [2.45, 2.75) is 12.6 Å². The first kappa shape index (κ1) is 14.7. The summed E-state index contributed by atoms with van der Waals surface area (Å²) in [7, 11) is 1.46. The number of nitrogens with zero attached hydrogens (tertiary/aromatic N) is 1. The quantitative estimate of drug-likeness (QED) is 0.679. The van der Waals surface area contributed by atoms with E-state index in [-0.39, 0.29) is 17.1 Å². The Morgan fingerprint density at radius 2 is 2.00 bits per heavy atom. The molecule has 0 unspecified atom stereocenters. The lowest BCUT2D eigenvalue weighted by molar-refractivity contribution is -0.132. The van der Waals surface area contributed by atoms with Crippen molar-refractivity contribution >= 4 is 22.9 Å². The maximum Gasteiger partial charge on any atom is 0.390 e. The highest BCUT2D eigenvalue weighted by Gasteiger charge is 2.27. The number of thiocarbonyl (C=S) groups is 1. The smallest absolute Gasteiger partial charge is 0.389 e. The highest BCUT2D eigenvalue weighted by atomic mass is 32.1. The maximum absolute atomic E-state index is 13.5. The van der Waals surface area contributed by atoms with Crippen LogP contribution in [0.5, 0.6) is 0 Å². The van der Waals surface area contributed by atoms with E-state index < -0.39 is 18.4 Å². The van der Waals surface area contributed by atoms with E-state index >= 15 is 0 Å². The zero-order valence-corrected chi connectivity index (χ0v) is 10.4. The minimum absolute atomic E-state index is 0.0815. The molecule has 0 fully saturated rings. The van der Waals surface area contributed by atoms with Crippen LogP contribution in [0.15, 0.2) is 18.2 Å². The summed E-state index contributed by atoms with van der Waals surface area (Å²) in [4.78, 5) is 1.23. The molecular weight excluding hydrogens is 268 g/mol. The fraction of sp³-hybridized carbons (Fsp3) is 0.364. The summed E-state index contributed by atoms with van der Waals surface area (Å²) >= 11 is 4.63. The number of halogens is 4. The minimum Gasteiger partial charge on any atom is -0.389 e. The van der Waals surface area contributed by atoms with Gasteiger partial charge in [0.2, 0.25) is 0 Å². The lowest BCUT2D eigenvalue weighted by Crippen LogP contribution is -2.24. The van der Waals surface area contributed by atoms with Crippen molar-refractivity contribution in [2.75, 3.05) is 18.5 Å². The van der Waals surface area contributed by atoms with Gasteiger partial charge in [-0.1, -0.05) is 12.2 Å². The van der Waals surface area contributed by atoms with E-state index in [0.29, 0.717) is 5.69 Å². The van der Waals surface area contributed by atoms with E-state index in [1.807, 2.05) is 0 Å². The molecule has 1 aromatic rings. The molecule has 7 heteroatoms. The number of alkyl halides is 3. The molecular formula is C11H12F4N2S. The van der Waals surface area contributed by atoms with Crippen molar-refractivity contribution in [3.05, 3.63) is 29.6 Å². The average Bonchev–Trinajstić information content (AvgIpc) is 2.24. The second kappa shape index (κ2) is 5.51. The van der Waals surface area contributed by atoms with Crippen LogP contribution in [0.4, 0.5) is 23.2 Å². The second-order valence-electron chi connectivity index (χ2n) is 3.82. The molecule has 0 spiro atoms. The third-order valence-electron chi connectivity index (χ3n) is 2.39. The van der Waals surface area contributed by atoms with Crippen LogP contribution in [-0.2, 0) is 0 Å². The summed E-state index contributed by atoms with van der Waals surface area (Å²) in [5.74, 6) is -0.640. The molecule has 0 aliphatic rings. The molecule has 18 heavy (non-hydrogen) atoms. The van der Waals surface area contributed by atoms with Gasteiger partial charge in [0.05, 0.1) is 6.42 Å². The molecule has 0 aromatic heterocycles. The molecule has 2 nitrogen and oxygen atoms in total. The molecule has 0 atom stereocenters. The van der Waals surface area contributed by atoms with E-state index in [1.54, 1.807) is 0 Å². The lowest BCUT2D eigenvalue weighted by atomic mass is 10.2. The summed E-state index contributed by atoms with van der Waals surface area (Å²) in [6, 6.07) is 3.95. The Hall–Kier alpha value is -1.37. The monoisotopic (exact) mass is 280 g/mol. The fourth-order valence-electron chi connectivity index (χ4n) is 1.36. The number of anilines is 1. The van der Waals surface area contributed by atoms with Gasteiger partial charge in [-0.25, -0.2) is 4.39 Å². The second-order valence-corrected chi connectivity index (χ2v) is 4.25. The first-order valence-electron chi connectivity index (χ1n) is 5.08. The van der Waals surface area contributed by atoms with E-state index in [1.165, 1.54) is 24.1 Å². The summed E-state index contributed by atoms with van der Waals surface area (Å²) in [5, 5.41) is 0. The Bertz CT molecular complexity index is 445. The molecule has 0 heterocycles. The number of hydrogen-bond acceptors (Lipinski definition) is 2. The van der Waals surface area contributed by atoms with Crippen LogP contribution in [0, 0.1) is 5.82 Å². The first-order chi connectivity index (χ1) is 8.20. The normalized spacial score (nSPS) is 11.4. The molecule has 0 aliphatic carbocycles. The maximum atomic E-state index is 13.5. The Balaban J connectivity index is 2.78. The van der Waals surface area contributed by atoms with Gasteiger partial charge in [0.25, 0.3) is 0 Å². The molecule has 0 bridgehead atoms. The van der Waals surface area contributed by atoms with Gasteiger partial charge in [-0.05, 0) is 18.2 Å². The van der Waals surface area contributed by atoms with Gasteiger partial charge in [-0.15, -0.1) is 0 Å². The van der Waals surface area contributed by atoms with Crippen molar-refractivity contribution in [1.82, 2.24) is 0 Å². The molecule has 1 rings (SSSR count). The summed E-state index contributed by atoms with van der Waals surface area (Å²) < 4.78 is 49.7. The molecule has 1 aromatic carbocycles. The number of nitrogens with two attached hydrogens (primary N) is 1. The zero-order valence-electron chi connectivity index (χ0n) is 9.59. The van der Waals surface area contributed by atoms with Crippen molar-refractivity contribution in [1.29, 1.82) is 0 Å². The van der Waals surface area contributed by atoms with Crippen LogP contribution in [0.3, 0.4) is 0 Å².